The van der Waals surface area contributed by atoms with Crippen molar-refractivity contribution in [3.63, 3.8) is 0 Å². The standard InChI is InChI=1S/C23H23F3N4O/c1-30-17-7-8-18(30)12-16(11-17)27-22(31)21-19-10-14(4-9-20(19)28-29-21)13-2-5-15(6-3-13)23(24,25)26/h2-6,10,16-18H,7-9,11-12H2,1H3,(H,27,31). The minimum absolute atomic E-state index is 0.127. The smallest absolute Gasteiger partial charge is 0.348 e. The molecule has 3 aliphatic heterocycles. The molecular formula is C23H23F3N4O. The molecule has 2 unspecified atom stereocenters. The van der Waals surface area contributed by atoms with Crippen LogP contribution < -0.4 is 5.32 Å². The molecule has 5 rings (SSSR count). The fraction of sp³-hybridized carbons (Fsp3) is 0.435. The molecule has 1 N–H and O–H groups in total. The molecular weight excluding hydrogens is 405 g/mol. The average molecular weight is 428 g/mol. The lowest BCUT2D eigenvalue weighted by atomic mass is 9.90. The molecule has 5 nitrogen and oxygen atoms in total. The van der Waals surface area contributed by atoms with Crippen molar-refractivity contribution in [3.8, 4) is 0 Å². The van der Waals surface area contributed by atoms with E-state index in [2.05, 4.69) is 27.5 Å². The summed E-state index contributed by atoms with van der Waals surface area (Å²) in [7, 11) is 2.16. The van der Waals surface area contributed by atoms with Crippen molar-refractivity contribution >= 4 is 22.9 Å². The topological polar surface area (TPSA) is 57.1 Å². The second-order valence-electron chi connectivity index (χ2n) is 8.68. The van der Waals surface area contributed by atoms with E-state index in [9.17, 15) is 18.0 Å². The maximum Gasteiger partial charge on any atom is 0.416 e. The Bertz CT molecular complexity index is 1020. The van der Waals surface area contributed by atoms with Crippen molar-refractivity contribution in [1.29, 1.82) is 0 Å². The number of carbonyl (C=O) groups excluding carboxylic acids is 1. The molecule has 31 heavy (non-hydrogen) atoms. The van der Waals surface area contributed by atoms with E-state index in [1.54, 1.807) is 6.08 Å². The van der Waals surface area contributed by atoms with Gasteiger partial charge < -0.3 is 10.2 Å². The molecule has 162 valence electrons. The van der Waals surface area contributed by atoms with E-state index in [-0.39, 0.29) is 11.9 Å². The number of alkyl halides is 3. The normalized spacial score (nSPS) is 27.8. The van der Waals surface area contributed by atoms with Crippen molar-refractivity contribution < 1.29 is 18.0 Å². The van der Waals surface area contributed by atoms with E-state index in [1.165, 1.54) is 25.0 Å². The lowest BCUT2D eigenvalue weighted by molar-refractivity contribution is -0.137. The Morgan fingerprint density at radius 2 is 1.77 bits per heavy atom. The van der Waals surface area contributed by atoms with Crippen LogP contribution in [0.15, 0.2) is 52.2 Å². The van der Waals surface area contributed by atoms with Crippen LogP contribution in [0.3, 0.4) is 0 Å². The van der Waals surface area contributed by atoms with E-state index >= 15 is 0 Å². The first-order valence-electron chi connectivity index (χ1n) is 10.6. The largest absolute Gasteiger partial charge is 0.416 e. The van der Waals surface area contributed by atoms with E-state index in [1.807, 2.05) is 6.08 Å². The van der Waals surface area contributed by atoms with Gasteiger partial charge in [-0.25, -0.2) is 0 Å². The summed E-state index contributed by atoms with van der Waals surface area (Å²) in [4.78, 5) is 15.4. The van der Waals surface area contributed by atoms with Gasteiger partial charge in [0.15, 0.2) is 5.71 Å². The number of hydrogen-bond acceptors (Lipinski definition) is 4. The highest BCUT2D eigenvalue weighted by Gasteiger charge is 2.39. The summed E-state index contributed by atoms with van der Waals surface area (Å²) >= 11 is 0. The zero-order valence-corrected chi connectivity index (χ0v) is 17.1. The van der Waals surface area contributed by atoms with E-state index in [4.69, 9.17) is 0 Å². The minimum Gasteiger partial charge on any atom is -0.348 e. The summed E-state index contributed by atoms with van der Waals surface area (Å²) in [5, 5.41) is 11.4. The zero-order chi connectivity index (χ0) is 21.8. The van der Waals surface area contributed by atoms with Crippen LogP contribution in [0.2, 0.25) is 0 Å². The summed E-state index contributed by atoms with van der Waals surface area (Å²) in [6, 6.07) is 6.21. The quantitative estimate of drug-likeness (QED) is 0.792. The summed E-state index contributed by atoms with van der Waals surface area (Å²) in [6.45, 7) is 0. The van der Waals surface area contributed by atoms with Gasteiger partial charge >= 0.3 is 6.18 Å². The monoisotopic (exact) mass is 428 g/mol. The third-order valence-corrected chi connectivity index (χ3v) is 6.85. The number of nitrogens with one attached hydrogen (secondary N) is 1. The zero-order valence-electron chi connectivity index (χ0n) is 17.1. The highest BCUT2D eigenvalue weighted by molar-refractivity contribution is 6.53. The first-order chi connectivity index (χ1) is 14.8. The van der Waals surface area contributed by atoms with E-state index in [0.717, 1.165) is 30.5 Å². The number of rotatable bonds is 3. The van der Waals surface area contributed by atoms with Gasteiger partial charge in [-0.15, -0.1) is 5.10 Å². The Labute approximate surface area is 178 Å². The van der Waals surface area contributed by atoms with Crippen LogP contribution in [-0.2, 0) is 11.0 Å². The molecule has 4 aliphatic rings. The number of carbonyl (C=O) groups is 1. The predicted molar refractivity (Wildman–Crippen MR) is 113 cm³/mol. The second kappa shape index (κ2) is 7.44. The number of halogens is 3. The maximum absolute atomic E-state index is 13.0. The second-order valence-corrected chi connectivity index (χ2v) is 8.68. The average Bonchev–Trinajstić information content (AvgIpc) is 3.24. The Hall–Kier alpha value is -2.74. The predicted octanol–water partition coefficient (Wildman–Crippen LogP) is 3.97. The van der Waals surface area contributed by atoms with Gasteiger partial charge in [-0.05, 0) is 62.1 Å². The van der Waals surface area contributed by atoms with Gasteiger partial charge in [0, 0.05) is 30.1 Å². The molecule has 1 aromatic rings. The number of benzene rings is 1. The van der Waals surface area contributed by atoms with Crippen molar-refractivity contribution in [1.82, 2.24) is 10.2 Å². The Balaban J connectivity index is 1.31. The fourth-order valence-corrected chi connectivity index (χ4v) is 5.08. The molecule has 0 spiro atoms. The van der Waals surface area contributed by atoms with Crippen LogP contribution in [0, 0.1) is 0 Å². The van der Waals surface area contributed by atoms with Gasteiger partial charge in [-0.2, -0.15) is 18.3 Å². The molecule has 1 aromatic carbocycles. The van der Waals surface area contributed by atoms with E-state index < -0.39 is 11.7 Å². The number of allylic oxidation sites excluding steroid dienone is 3. The lowest BCUT2D eigenvalue weighted by Crippen LogP contribution is -2.50. The lowest BCUT2D eigenvalue weighted by Gasteiger charge is -2.36. The van der Waals surface area contributed by atoms with Crippen LogP contribution in [0.5, 0.6) is 0 Å². The van der Waals surface area contributed by atoms with Gasteiger partial charge in [-0.1, -0.05) is 18.2 Å². The van der Waals surface area contributed by atoms with E-state index in [0.29, 0.717) is 41.1 Å². The van der Waals surface area contributed by atoms with Gasteiger partial charge in [0.2, 0.25) is 0 Å². The molecule has 2 bridgehead atoms. The van der Waals surface area contributed by atoms with Gasteiger partial charge in [-0.3, -0.25) is 4.79 Å². The van der Waals surface area contributed by atoms with Crippen LogP contribution >= 0.6 is 0 Å². The Morgan fingerprint density at radius 3 is 2.42 bits per heavy atom. The fourth-order valence-electron chi connectivity index (χ4n) is 5.08. The number of amides is 1. The highest BCUT2D eigenvalue weighted by atomic mass is 19.4. The summed E-state index contributed by atoms with van der Waals surface area (Å²) in [5.74, 6) is -0.229. The van der Waals surface area contributed by atoms with Crippen molar-refractivity contribution in [2.75, 3.05) is 7.05 Å². The van der Waals surface area contributed by atoms with Crippen LogP contribution in [0.25, 0.3) is 5.57 Å². The SMILES string of the molecule is CN1C2CCC1CC(NC(=O)C1=NN=C3CC=C(c4ccc(C(F)(F)F)cc4)C=C31)C2. The third-order valence-electron chi connectivity index (χ3n) is 6.85. The number of piperidine rings is 1. The molecule has 1 aliphatic carbocycles. The third kappa shape index (κ3) is 3.73. The summed E-state index contributed by atoms with van der Waals surface area (Å²) in [5.41, 5.74) is 2.41. The van der Waals surface area contributed by atoms with Gasteiger partial charge in [0.1, 0.15) is 0 Å². The van der Waals surface area contributed by atoms with Crippen molar-refractivity contribution in [3.05, 3.63) is 53.1 Å². The number of fused-ring (bicyclic) bond motifs is 3. The molecule has 2 saturated heterocycles. The van der Waals surface area contributed by atoms with Crippen LogP contribution in [0.1, 0.15) is 43.2 Å². The van der Waals surface area contributed by atoms with Crippen molar-refractivity contribution in [2.24, 2.45) is 10.2 Å². The summed E-state index contributed by atoms with van der Waals surface area (Å²) in [6.07, 6.45) is 4.05. The molecule has 2 atom stereocenters. The molecule has 0 radical (unpaired) electrons. The summed E-state index contributed by atoms with van der Waals surface area (Å²) < 4.78 is 38.5. The molecule has 8 heteroatoms. The first-order valence-corrected chi connectivity index (χ1v) is 10.6. The number of hydrogen-bond donors (Lipinski definition) is 1. The Morgan fingerprint density at radius 1 is 1.10 bits per heavy atom. The number of nitrogens with zero attached hydrogens (tertiary/aromatic N) is 3. The molecule has 0 aromatic heterocycles. The van der Waals surface area contributed by atoms with Gasteiger partial charge in [0.25, 0.3) is 5.91 Å². The van der Waals surface area contributed by atoms with Gasteiger partial charge in [0.05, 0.1) is 11.3 Å². The minimum atomic E-state index is -4.37. The Kier molecular flexibility index (Phi) is 4.84. The highest BCUT2D eigenvalue weighted by Crippen LogP contribution is 2.35. The van der Waals surface area contributed by atoms with Crippen LogP contribution in [0.4, 0.5) is 13.2 Å². The first kappa shape index (κ1) is 20.2. The van der Waals surface area contributed by atoms with Crippen LogP contribution in [-0.4, -0.2) is 47.4 Å². The maximum atomic E-state index is 13.0. The molecule has 2 fully saturated rings. The van der Waals surface area contributed by atoms with Crippen molar-refractivity contribution in [2.45, 2.75) is 56.4 Å². The molecule has 0 saturated carbocycles. The molecule has 3 heterocycles. The molecule has 1 amide bonds.